The summed E-state index contributed by atoms with van der Waals surface area (Å²) in [6.07, 6.45) is 2.25. The Morgan fingerprint density at radius 3 is 2.44 bits per heavy atom. The Morgan fingerprint density at radius 2 is 1.84 bits per heavy atom. The molecule has 0 aromatic heterocycles. The normalized spacial score (nSPS) is 21.1. The Kier molecular flexibility index (Phi) is 5.84. The second-order valence-corrected chi connectivity index (χ2v) is 8.78. The Morgan fingerprint density at radius 1 is 1.20 bits per heavy atom. The summed E-state index contributed by atoms with van der Waals surface area (Å²) in [5.74, 6) is -1.99. The van der Waals surface area contributed by atoms with Gasteiger partial charge in [0.15, 0.2) is 0 Å². The van der Waals surface area contributed by atoms with Crippen molar-refractivity contribution in [2.45, 2.75) is 37.5 Å². The molecule has 1 amide bonds. The van der Waals surface area contributed by atoms with Gasteiger partial charge < -0.3 is 10.4 Å². The Bertz CT molecular complexity index is 773. The molecule has 0 bridgehead atoms. The molecule has 0 heterocycles. The number of hydrogen-bond donors (Lipinski definition) is 2. The van der Waals surface area contributed by atoms with E-state index in [1.54, 1.807) is 19.1 Å². The SMILES string of the molecule is Cc1ccc(NC(=O)C2CCCC(C(=O)O)C2)cc1S(=O)(=O)N(C)C. The van der Waals surface area contributed by atoms with Gasteiger partial charge in [-0.05, 0) is 43.9 Å². The van der Waals surface area contributed by atoms with E-state index in [9.17, 15) is 18.0 Å². The Labute approximate surface area is 148 Å². The second kappa shape index (κ2) is 7.53. The van der Waals surface area contributed by atoms with Gasteiger partial charge in [0, 0.05) is 25.7 Å². The summed E-state index contributed by atoms with van der Waals surface area (Å²) in [4.78, 5) is 23.7. The highest BCUT2D eigenvalue weighted by atomic mass is 32.2. The highest BCUT2D eigenvalue weighted by Gasteiger charge is 2.31. The highest BCUT2D eigenvalue weighted by molar-refractivity contribution is 7.89. The first kappa shape index (κ1) is 19.4. The lowest BCUT2D eigenvalue weighted by molar-refractivity contribution is -0.143. The molecule has 8 heteroatoms. The smallest absolute Gasteiger partial charge is 0.306 e. The van der Waals surface area contributed by atoms with Gasteiger partial charge >= 0.3 is 5.97 Å². The van der Waals surface area contributed by atoms with Crippen LogP contribution in [0.2, 0.25) is 0 Å². The van der Waals surface area contributed by atoms with Crippen LogP contribution in [0.1, 0.15) is 31.2 Å². The van der Waals surface area contributed by atoms with Crippen LogP contribution in [0.25, 0.3) is 0 Å². The van der Waals surface area contributed by atoms with Crippen LogP contribution in [0.3, 0.4) is 0 Å². The number of carbonyl (C=O) groups is 2. The molecule has 0 spiro atoms. The number of carboxylic acid groups (broad SMARTS) is 1. The average Bonchev–Trinajstić information content (AvgIpc) is 2.56. The lowest BCUT2D eigenvalue weighted by Gasteiger charge is -2.25. The van der Waals surface area contributed by atoms with E-state index in [0.29, 0.717) is 36.9 Å². The van der Waals surface area contributed by atoms with Crippen molar-refractivity contribution in [1.82, 2.24) is 4.31 Å². The molecule has 1 aliphatic rings. The fourth-order valence-electron chi connectivity index (χ4n) is 3.05. The molecule has 2 N–H and O–H groups in total. The number of amides is 1. The third kappa shape index (κ3) is 4.38. The molecule has 1 aromatic rings. The van der Waals surface area contributed by atoms with Gasteiger partial charge in [0.2, 0.25) is 15.9 Å². The second-order valence-electron chi connectivity index (χ2n) is 6.66. The molecule has 25 heavy (non-hydrogen) atoms. The molecule has 138 valence electrons. The minimum Gasteiger partial charge on any atom is -0.481 e. The van der Waals surface area contributed by atoms with Crippen LogP contribution in [0.4, 0.5) is 5.69 Å². The number of hydrogen-bond acceptors (Lipinski definition) is 4. The number of sulfonamides is 1. The molecule has 0 radical (unpaired) electrons. The topological polar surface area (TPSA) is 104 Å². The summed E-state index contributed by atoms with van der Waals surface area (Å²) in [6, 6.07) is 4.74. The zero-order chi connectivity index (χ0) is 18.8. The minimum atomic E-state index is -3.61. The number of nitrogens with one attached hydrogen (secondary N) is 1. The number of aryl methyl sites for hydroxylation is 1. The monoisotopic (exact) mass is 368 g/mol. The molecule has 2 rings (SSSR count). The number of aliphatic carboxylic acids is 1. The summed E-state index contributed by atoms with van der Waals surface area (Å²) < 4.78 is 25.8. The number of benzene rings is 1. The zero-order valence-electron chi connectivity index (χ0n) is 14.7. The summed E-state index contributed by atoms with van der Waals surface area (Å²) >= 11 is 0. The predicted octanol–water partition coefficient (Wildman–Crippen LogP) is 2.07. The van der Waals surface area contributed by atoms with E-state index >= 15 is 0 Å². The fourth-order valence-corrected chi connectivity index (χ4v) is 4.19. The van der Waals surface area contributed by atoms with Gasteiger partial charge in [-0.25, -0.2) is 12.7 Å². The van der Waals surface area contributed by atoms with E-state index in [1.165, 1.54) is 20.2 Å². The molecule has 1 aromatic carbocycles. The molecule has 1 aliphatic carbocycles. The molecular weight excluding hydrogens is 344 g/mol. The van der Waals surface area contributed by atoms with Gasteiger partial charge in [0.1, 0.15) is 0 Å². The van der Waals surface area contributed by atoms with Crippen molar-refractivity contribution in [3.8, 4) is 0 Å². The Balaban J connectivity index is 2.18. The number of nitrogens with zero attached hydrogens (tertiary/aromatic N) is 1. The maximum Gasteiger partial charge on any atom is 0.306 e. The molecule has 0 saturated heterocycles. The van der Waals surface area contributed by atoms with E-state index < -0.39 is 21.9 Å². The lowest BCUT2D eigenvalue weighted by atomic mass is 9.81. The first-order chi connectivity index (χ1) is 11.6. The van der Waals surface area contributed by atoms with Crippen LogP contribution in [0.5, 0.6) is 0 Å². The van der Waals surface area contributed by atoms with E-state index in [-0.39, 0.29) is 16.7 Å². The van der Waals surface area contributed by atoms with Crippen LogP contribution >= 0.6 is 0 Å². The average molecular weight is 368 g/mol. The predicted molar refractivity (Wildman–Crippen MR) is 93.8 cm³/mol. The lowest BCUT2D eigenvalue weighted by Crippen LogP contribution is -2.31. The number of carboxylic acids is 1. The van der Waals surface area contributed by atoms with Gasteiger partial charge in [0.25, 0.3) is 0 Å². The number of carbonyl (C=O) groups excluding carboxylic acids is 1. The minimum absolute atomic E-state index is 0.141. The van der Waals surface area contributed by atoms with E-state index in [1.807, 2.05) is 0 Å². The third-order valence-corrected chi connectivity index (χ3v) is 6.57. The standard InChI is InChI=1S/C17H24N2O5S/c1-11-7-8-14(10-15(11)25(23,24)19(2)3)18-16(20)12-5-4-6-13(9-12)17(21)22/h7-8,10,12-13H,4-6,9H2,1-3H3,(H,18,20)(H,21,22). The molecule has 1 saturated carbocycles. The number of anilines is 1. The third-order valence-electron chi connectivity index (χ3n) is 4.61. The van der Waals surface area contributed by atoms with Crippen molar-refractivity contribution in [2.24, 2.45) is 11.8 Å². The van der Waals surface area contributed by atoms with Gasteiger partial charge in [-0.1, -0.05) is 12.5 Å². The summed E-state index contributed by atoms with van der Waals surface area (Å²) in [6.45, 7) is 1.70. The van der Waals surface area contributed by atoms with E-state index in [0.717, 1.165) is 4.31 Å². The van der Waals surface area contributed by atoms with Gasteiger partial charge in [0.05, 0.1) is 10.8 Å². The zero-order valence-corrected chi connectivity index (χ0v) is 15.5. The van der Waals surface area contributed by atoms with Gasteiger partial charge in [-0.15, -0.1) is 0 Å². The quantitative estimate of drug-likeness (QED) is 0.828. The molecule has 7 nitrogen and oxygen atoms in total. The van der Waals surface area contributed by atoms with Crippen molar-refractivity contribution >= 4 is 27.6 Å². The molecule has 0 aliphatic heterocycles. The highest BCUT2D eigenvalue weighted by Crippen LogP contribution is 2.30. The van der Waals surface area contributed by atoms with E-state index in [4.69, 9.17) is 5.11 Å². The maximum absolute atomic E-state index is 12.5. The number of rotatable bonds is 5. The van der Waals surface area contributed by atoms with Crippen LogP contribution in [-0.2, 0) is 19.6 Å². The summed E-state index contributed by atoms with van der Waals surface area (Å²) in [5, 5.41) is 11.9. The van der Waals surface area contributed by atoms with Crippen LogP contribution < -0.4 is 5.32 Å². The van der Waals surface area contributed by atoms with Crippen LogP contribution in [0.15, 0.2) is 23.1 Å². The maximum atomic E-state index is 12.5. The van der Waals surface area contributed by atoms with Gasteiger partial charge in [-0.3, -0.25) is 9.59 Å². The molecule has 2 atom stereocenters. The summed E-state index contributed by atoms with van der Waals surface area (Å²) in [5.41, 5.74) is 0.990. The van der Waals surface area contributed by atoms with Crippen molar-refractivity contribution < 1.29 is 23.1 Å². The van der Waals surface area contributed by atoms with Crippen molar-refractivity contribution in [1.29, 1.82) is 0 Å². The van der Waals surface area contributed by atoms with Crippen molar-refractivity contribution in [3.05, 3.63) is 23.8 Å². The van der Waals surface area contributed by atoms with E-state index in [2.05, 4.69) is 5.32 Å². The first-order valence-electron chi connectivity index (χ1n) is 8.19. The first-order valence-corrected chi connectivity index (χ1v) is 9.63. The van der Waals surface area contributed by atoms with Gasteiger partial charge in [-0.2, -0.15) is 0 Å². The summed E-state index contributed by atoms with van der Waals surface area (Å²) in [7, 11) is -0.701. The largest absolute Gasteiger partial charge is 0.481 e. The van der Waals surface area contributed by atoms with Crippen molar-refractivity contribution in [3.63, 3.8) is 0 Å². The van der Waals surface area contributed by atoms with Crippen molar-refractivity contribution in [2.75, 3.05) is 19.4 Å². The molecular formula is C17H24N2O5S. The fraction of sp³-hybridized carbons (Fsp3) is 0.529. The Hall–Kier alpha value is -1.93. The molecule has 1 fully saturated rings. The molecule has 2 unspecified atom stereocenters. The van der Waals surface area contributed by atoms with Crippen LogP contribution in [0, 0.1) is 18.8 Å². The van der Waals surface area contributed by atoms with Crippen LogP contribution in [-0.4, -0.2) is 43.8 Å².